The van der Waals surface area contributed by atoms with Crippen molar-refractivity contribution in [1.29, 1.82) is 0 Å². The summed E-state index contributed by atoms with van der Waals surface area (Å²) in [6, 6.07) is 12.6. The lowest BCUT2D eigenvalue weighted by Crippen LogP contribution is -2.50. The van der Waals surface area contributed by atoms with E-state index in [0.29, 0.717) is 57.4 Å². The fraction of sp³-hybridized carbons (Fsp3) is 0.600. The number of amides is 1. The fourth-order valence-electron chi connectivity index (χ4n) is 8.36. The number of piperidine rings is 1. The first-order valence-electron chi connectivity index (χ1n) is 16.5. The number of methoxy groups -OCH3 is 1. The number of likely N-dealkylation sites (tertiary alicyclic amines) is 2. The predicted octanol–water partition coefficient (Wildman–Crippen LogP) is 6.68. The van der Waals surface area contributed by atoms with E-state index in [2.05, 4.69) is 16.7 Å². The maximum Gasteiger partial charge on any atom is 0.306 e. The number of rotatable bonds is 8. The Bertz CT molecular complexity index is 1350. The van der Waals surface area contributed by atoms with Gasteiger partial charge >= 0.3 is 5.97 Å². The van der Waals surface area contributed by atoms with Gasteiger partial charge in [-0.25, -0.2) is 8.78 Å². The van der Waals surface area contributed by atoms with Crippen molar-refractivity contribution in [1.82, 2.24) is 9.80 Å². The molecule has 0 spiro atoms. The maximum atomic E-state index is 17.5. The van der Waals surface area contributed by atoms with Crippen molar-refractivity contribution in [2.24, 2.45) is 11.8 Å². The average Bonchev–Trinajstić information content (AvgIpc) is 3.85. The average molecular weight is 648 g/mol. The minimum absolute atomic E-state index is 0.0629. The van der Waals surface area contributed by atoms with E-state index < -0.39 is 23.5 Å². The summed E-state index contributed by atoms with van der Waals surface area (Å²) >= 11 is 0. The molecule has 0 unspecified atom stereocenters. The van der Waals surface area contributed by atoms with Crippen LogP contribution in [0.25, 0.3) is 0 Å². The lowest BCUT2D eigenvalue weighted by Gasteiger charge is -2.35. The van der Waals surface area contributed by atoms with Crippen LogP contribution in [-0.4, -0.2) is 84.9 Å². The first kappa shape index (κ1) is 34.0. The second-order valence-electron chi connectivity index (χ2n) is 13.3. The Hall–Kier alpha value is -3.34. The third-order valence-corrected chi connectivity index (χ3v) is 10.9. The van der Waals surface area contributed by atoms with Crippen LogP contribution >= 0.6 is 0 Å². The van der Waals surface area contributed by atoms with Crippen LogP contribution in [-0.2, 0) is 9.59 Å². The number of ether oxygens (including phenoxy) is 1. The largest absolute Gasteiger partial charge is 0.497 e. The van der Waals surface area contributed by atoms with Gasteiger partial charge in [-0.3, -0.25) is 14.5 Å². The third-order valence-electron chi connectivity index (χ3n) is 10.9. The van der Waals surface area contributed by atoms with Gasteiger partial charge in [0.05, 0.1) is 13.0 Å². The van der Waals surface area contributed by atoms with E-state index in [-0.39, 0.29) is 30.1 Å². The van der Waals surface area contributed by atoms with Gasteiger partial charge < -0.3 is 19.6 Å². The van der Waals surface area contributed by atoms with Crippen molar-refractivity contribution in [2.45, 2.75) is 75.4 Å². The summed E-state index contributed by atoms with van der Waals surface area (Å²) in [7, 11) is 1.61. The quantitative estimate of drug-likeness (QED) is 0.323. The van der Waals surface area contributed by atoms with Crippen molar-refractivity contribution in [2.75, 3.05) is 51.3 Å². The second kappa shape index (κ2) is 14.6. The molecule has 1 aliphatic carbocycles. The number of carboxylic acids is 1. The molecule has 0 aromatic heterocycles. The molecule has 2 aromatic carbocycles. The normalized spacial score (nSPS) is 27.5. The number of benzene rings is 2. The van der Waals surface area contributed by atoms with Crippen LogP contribution in [0.4, 0.5) is 23.6 Å². The SMILES string of the molecule is CC[C@H]1CN(C(=O)[C@]2(F)CN(C3CCCC3)C[C@H]2c2ccc(OC)cc2)C[C@@H]1c1ccc(F)cc1N1CCC(C(=O)O)CC1.FF. The number of carboxylic acid groups (broad SMARTS) is 1. The Labute approximate surface area is 268 Å². The van der Waals surface area contributed by atoms with Gasteiger partial charge in [0.25, 0.3) is 5.91 Å². The lowest BCUT2D eigenvalue weighted by atomic mass is 9.85. The van der Waals surface area contributed by atoms with E-state index in [1.165, 1.54) is 6.07 Å². The molecular formula is C35H45F4N3O4. The summed E-state index contributed by atoms with van der Waals surface area (Å²) in [4.78, 5) is 31.9. The highest BCUT2D eigenvalue weighted by atomic mass is 20.0. The van der Waals surface area contributed by atoms with Gasteiger partial charge in [-0.1, -0.05) is 44.4 Å². The summed E-state index contributed by atoms with van der Waals surface area (Å²) in [5.41, 5.74) is 0.497. The van der Waals surface area contributed by atoms with Crippen molar-refractivity contribution in [3.8, 4) is 5.75 Å². The summed E-state index contributed by atoms with van der Waals surface area (Å²) in [5.74, 6) is -1.78. The van der Waals surface area contributed by atoms with E-state index in [1.54, 1.807) is 18.1 Å². The zero-order valence-corrected chi connectivity index (χ0v) is 26.6. The number of hydrogen-bond donors (Lipinski definition) is 1. The molecular weight excluding hydrogens is 602 g/mol. The summed E-state index contributed by atoms with van der Waals surface area (Å²) in [5, 5.41) is 9.46. The zero-order chi connectivity index (χ0) is 33.0. The topological polar surface area (TPSA) is 73.3 Å². The molecule has 3 heterocycles. The van der Waals surface area contributed by atoms with E-state index in [4.69, 9.17) is 13.9 Å². The molecule has 3 saturated heterocycles. The number of hydrogen-bond acceptors (Lipinski definition) is 5. The van der Waals surface area contributed by atoms with Crippen LogP contribution in [0, 0.1) is 17.7 Å². The molecule has 1 saturated carbocycles. The van der Waals surface area contributed by atoms with Crippen LogP contribution in [0.3, 0.4) is 0 Å². The van der Waals surface area contributed by atoms with Crippen LogP contribution in [0.15, 0.2) is 42.5 Å². The van der Waals surface area contributed by atoms with Crippen LogP contribution < -0.4 is 9.64 Å². The third kappa shape index (κ3) is 6.71. The summed E-state index contributed by atoms with van der Waals surface area (Å²) in [6.07, 6.45) is 6.18. The number of halogens is 4. The molecule has 7 nitrogen and oxygen atoms in total. The number of alkyl halides is 1. The van der Waals surface area contributed by atoms with E-state index in [9.17, 15) is 19.1 Å². The number of carbonyl (C=O) groups is 2. The fourth-order valence-corrected chi connectivity index (χ4v) is 8.36. The minimum atomic E-state index is -2.05. The Morgan fingerprint density at radius 3 is 2.26 bits per heavy atom. The molecule has 4 fully saturated rings. The molecule has 252 valence electrons. The highest BCUT2D eigenvalue weighted by Crippen LogP contribution is 2.46. The Kier molecular flexibility index (Phi) is 10.8. The zero-order valence-electron chi connectivity index (χ0n) is 26.6. The molecule has 2 aromatic rings. The molecule has 6 rings (SSSR count). The van der Waals surface area contributed by atoms with E-state index in [1.807, 2.05) is 30.3 Å². The molecule has 11 heteroatoms. The Morgan fingerprint density at radius 1 is 0.978 bits per heavy atom. The first-order chi connectivity index (χ1) is 22.2. The standard InChI is InChI=1S/C35H45F2N3O4.F2/c1-3-23-19-39(20-30(23)29-13-10-26(36)18-32(29)38-16-14-25(15-17-38)33(41)42)34(43)35(37)22-40(27-6-4-5-7-27)21-31(35)24-8-11-28(44-2)12-9-24;1-2/h8-13,18,23,25,27,30-31H,3-7,14-17,19-22H2,1-2H3,(H,41,42);/t23-,30-,31-,35-;/m0./s1. The lowest BCUT2D eigenvalue weighted by molar-refractivity contribution is -0.143. The second-order valence-corrected chi connectivity index (χ2v) is 13.3. The molecule has 0 radical (unpaired) electrons. The highest BCUT2D eigenvalue weighted by molar-refractivity contribution is 5.88. The van der Waals surface area contributed by atoms with Crippen molar-refractivity contribution < 1.29 is 37.4 Å². The van der Waals surface area contributed by atoms with Gasteiger partial charge in [0.1, 0.15) is 11.6 Å². The molecule has 0 bridgehead atoms. The summed E-state index contributed by atoms with van der Waals surface area (Å²) < 4.78 is 53.4. The number of carbonyl (C=O) groups excluding carboxylic acids is 1. The molecule has 1 amide bonds. The van der Waals surface area contributed by atoms with Crippen molar-refractivity contribution >= 4 is 17.6 Å². The van der Waals surface area contributed by atoms with Gasteiger partial charge in [-0.2, -0.15) is 0 Å². The van der Waals surface area contributed by atoms with Crippen LogP contribution in [0.5, 0.6) is 5.75 Å². The predicted molar refractivity (Wildman–Crippen MR) is 168 cm³/mol. The van der Waals surface area contributed by atoms with Crippen LogP contribution in [0.1, 0.15) is 74.8 Å². The van der Waals surface area contributed by atoms with Gasteiger partial charge in [-0.15, -0.1) is 0 Å². The number of aliphatic carboxylic acids is 1. The maximum absolute atomic E-state index is 17.5. The van der Waals surface area contributed by atoms with Gasteiger partial charge in [0.15, 0.2) is 0 Å². The van der Waals surface area contributed by atoms with Gasteiger partial charge in [0, 0.05) is 72.0 Å². The number of nitrogens with zero attached hydrogens (tertiary/aromatic N) is 3. The molecule has 4 atom stereocenters. The molecule has 1 N–H and O–H groups in total. The van der Waals surface area contributed by atoms with Crippen LogP contribution in [0.2, 0.25) is 0 Å². The first-order valence-corrected chi connectivity index (χ1v) is 16.5. The highest BCUT2D eigenvalue weighted by Gasteiger charge is 2.57. The van der Waals surface area contributed by atoms with E-state index in [0.717, 1.165) is 48.9 Å². The van der Waals surface area contributed by atoms with Gasteiger partial charge in [-0.05, 0) is 67.0 Å². The monoisotopic (exact) mass is 647 g/mol. The number of anilines is 1. The van der Waals surface area contributed by atoms with Gasteiger partial charge in [0.2, 0.25) is 5.67 Å². The Morgan fingerprint density at radius 2 is 1.65 bits per heavy atom. The summed E-state index contributed by atoms with van der Waals surface area (Å²) in [6.45, 7) is 4.62. The molecule has 3 aliphatic heterocycles. The Balaban J connectivity index is 0.00000204. The van der Waals surface area contributed by atoms with Crippen molar-refractivity contribution in [3.05, 3.63) is 59.4 Å². The minimum Gasteiger partial charge on any atom is -0.497 e. The molecule has 4 aliphatic rings. The van der Waals surface area contributed by atoms with Crippen molar-refractivity contribution in [3.63, 3.8) is 0 Å². The smallest absolute Gasteiger partial charge is 0.306 e. The molecule has 46 heavy (non-hydrogen) atoms. The van der Waals surface area contributed by atoms with E-state index >= 15 is 4.39 Å².